The molecular weight excluding hydrogens is 1580 g/mol. The van der Waals surface area contributed by atoms with Crippen molar-refractivity contribution in [3.05, 3.63) is 249 Å². The zero-order chi connectivity index (χ0) is 100. The van der Waals surface area contributed by atoms with Gasteiger partial charge >= 0.3 is 0 Å². The van der Waals surface area contributed by atoms with Gasteiger partial charge in [0.25, 0.3) is 0 Å². The number of Topliss-reactive ketones (excluding diaryl/α,β-unsaturated/α-hetero) is 2. The molecule has 0 fully saturated rings. The number of nitrogens with zero attached hydrogens (tertiary/aromatic N) is 5. The number of amides is 2. The number of hydrogen-bond donors (Lipinski definition) is 4. The Balaban J connectivity index is 0.000000739. The summed E-state index contributed by atoms with van der Waals surface area (Å²) < 4.78 is 0. The Kier molecular flexibility index (Phi) is 44.9. The van der Waals surface area contributed by atoms with E-state index in [4.69, 9.17) is 0 Å². The molecule has 0 aliphatic heterocycles. The van der Waals surface area contributed by atoms with Gasteiger partial charge in [-0.1, -0.05) is 367 Å². The zero-order valence-corrected chi connectivity index (χ0v) is 90.6. The first-order valence-corrected chi connectivity index (χ1v) is 47.1. The van der Waals surface area contributed by atoms with Crippen LogP contribution in [0.25, 0.3) is 0 Å². The summed E-state index contributed by atoms with van der Waals surface area (Å²) in [5.41, 5.74) is 21.9. The third-order valence-electron chi connectivity index (χ3n) is 20.6. The lowest BCUT2D eigenvalue weighted by atomic mass is 9.82. The summed E-state index contributed by atoms with van der Waals surface area (Å²) >= 11 is 0. The largest absolute Gasteiger partial charge is 0.359 e. The van der Waals surface area contributed by atoms with E-state index in [1.807, 2.05) is 63.8 Å². The molecule has 8 aromatic rings. The van der Waals surface area contributed by atoms with Gasteiger partial charge in [0.15, 0.2) is 0 Å². The van der Waals surface area contributed by atoms with Gasteiger partial charge in [-0.05, 0) is 195 Å². The van der Waals surface area contributed by atoms with E-state index in [9.17, 15) is 19.2 Å². The van der Waals surface area contributed by atoms with Crippen molar-refractivity contribution in [1.29, 1.82) is 0 Å². The maximum atomic E-state index is 11.9. The van der Waals surface area contributed by atoms with Gasteiger partial charge in [-0.25, -0.2) is 0 Å². The average Bonchev–Trinajstić information content (AvgIpc) is 0.830. The third-order valence-corrected chi connectivity index (χ3v) is 20.6. The SMILES string of the molecule is CC(C)(C)CC(=O)CC(=O)Cc1ccc(C(C)(C)C)cn1.CC(C)(C)Cc1ccc(C(C)(C)C)cc1.CC(C)(C)Cc1ccc(C(C)(C)C)nc1.CC(C)(C)NCc1ccc(C(C)(C)C)cc1.CC(C)(C)NCc1ccc(C(C)(C)C)nc1.CC(C)(C)c1ccc(C(C)(C)C)cc1.CC(C)(C)c1ccc(C(C)(C)C)nc1.CNC(=O)CC(=O)Nc1ccc(C(C)(C)C)nc1. The van der Waals surface area contributed by atoms with Crippen LogP contribution in [-0.2, 0) is 106 Å². The van der Waals surface area contributed by atoms with Gasteiger partial charge in [-0.15, -0.1) is 0 Å². The second-order valence-electron chi connectivity index (χ2n) is 51.2. The minimum absolute atomic E-state index is 0.0128. The van der Waals surface area contributed by atoms with Crippen LogP contribution >= 0.6 is 0 Å². The molecule has 4 N–H and O–H groups in total. The molecule has 2 amide bonds. The first kappa shape index (κ1) is 119. The van der Waals surface area contributed by atoms with E-state index in [1.54, 1.807) is 12.3 Å². The van der Waals surface area contributed by atoms with Crippen molar-refractivity contribution < 1.29 is 19.2 Å². The van der Waals surface area contributed by atoms with Crippen molar-refractivity contribution in [3.63, 3.8) is 0 Å². The number of hydrogen-bond acceptors (Lipinski definition) is 11. The highest BCUT2D eigenvalue weighted by atomic mass is 16.2. The lowest BCUT2D eigenvalue weighted by Crippen LogP contribution is -2.35. The predicted molar refractivity (Wildman–Crippen MR) is 557 cm³/mol. The van der Waals surface area contributed by atoms with E-state index >= 15 is 0 Å². The van der Waals surface area contributed by atoms with Crippen molar-refractivity contribution >= 4 is 29.1 Å². The first-order chi connectivity index (χ1) is 58.0. The Morgan fingerprint density at radius 2 is 0.543 bits per heavy atom. The van der Waals surface area contributed by atoms with Crippen molar-refractivity contribution in [2.45, 2.75) is 428 Å². The first-order valence-electron chi connectivity index (χ1n) is 47.1. The number of pyridine rings is 5. The summed E-state index contributed by atoms with van der Waals surface area (Å²) in [4.78, 5) is 68.4. The molecule has 0 radical (unpaired) electrons. The number of ketones is 2. The molecule has 0 aliphatic carbocycles. The van der Waals surface area contributed by atoms with E-state index in [0.29, 0.717) is 22.9 Å². The van der Waals surface area contributed by atoms with E-state index in [1.165, 1.54) is 62.8 Å². The number of anilines is 1. The van der Waals surface area contributed by atoms with Gasteiger partial charge < -0.3 is 21.3 Å². The summed E-state index contributed by atoms with van der Waals surface area (Å²) in [6.45, 7) is 100. The summed E-state index contributed by atoms with van der Waals surface area (Å²) in [6.07, 6.45) is 12.2. The Labute approximate surface area is 789 Å². The van der Waals surface area contributed by atoms with Crippen LogP contribution in [0.15, 0.2) is 164 Å². The normalized spacial score (nSPS) is 12.5. The third kappa shape index (κ3) is 53.0. The number of benzene rings is 3. The average molecular weight is 1770 g/mol. The second kappa shape index (κ2) is 48.8. The Morgan fingerprint density at radius 1 is 0.256 bits per heavy atom. The topological polar surface area (TPSA) is 181 Å². The molecule has 0 spiro atoms. The Bertz CT molecular complexity index is 4310. The van der Waals surface area contributed by atoms with Crippen LogP contribution in [0, 0.1) is 16.2 Å². The van der Waals surface area contributed by atoms with Gasteiger partial charge in [-0.2, -0.15) is 0 Å². The van der Waals surface area contributed by atoms with Crippen LogP contribution < -0.4 is 21.3 Å². The molecule has 13 heteroatoms. The Morgan fingerprint density at radius 3 is 0.822 bits per heavy atom. The highest BCUT2D eigenvalue weighted by Crippen LogP contribution is 2.32. The summed E-state index contributed by atoms with van der Waals surface area (Å²) in [6, 6.07) is 47.5. The molecule has 5 aromatic heterocycles. The fraction of sp³-hybridized carbons (Fsp3) is 0.595. The van der Waals surface area contributed by atoms with Crippen LogP contribution in [0.3, 0.4) is 0 Å². The molecule has 718 valence electrons. The van der Waals surface area contributed by atoms with Crippen LogP contribution in [0.1, 0.15) is 415 Å². The summed E-state index contributed by atoms with van der Waals surface area (Å²) in [5, 5.41) is 12.0. The van der Waals surface area contributed by atoms with E-state index < -0.39 is 0 Å². The molecule has 0 atom stereocenters. The number of nitrogens with one attached hydrogen (secondary N) is 4. The van der Waals surface area contributed by atoms with Crippen molar-refractivity contribution in [2.24, 2.45) is 16.2 Å². The van der Waals surface area contributed by atoms with Gasteiger partial charge in [0.05, 0.1) is 18.3 Å². The lowest BCUT2D eigenvalue weighted by molar-refractivity contribution is -0.128. The molecule has 8 rings (SSSR count). The summed E-state index contributed by atoms with van der Waals surface area (Å²) in [7, 11) is 1.50. The maximum absolute atomic E-state index is 11.9. The van der Waals surface area contributed by atoms with Crippen molar-refractivity contribution in [3.8, 4) is 0 Å². The molecule has 5 heterocycles. The fourth-order valence-corrected chi connectivity index (χ4v) is 12.4. The number of carbonyl (C=O) groups is 4. The molecule has 3 aromatic carbocycles. The summed E-state index contributed by atoms with van der Waals surface area (Å²) in [5.74, 6) is -0.703. The molecule has 0 saturated carbocycles. The van der Waals surface area contributed by atoms with Crippen LogP contribution in [0.5, 0.6) is 0 Å². The van der Waals surface area contributed by atoms with E-state index in [2.05, 4.69) is 446 Å². The maximum Gasteiger partial charge on any atom is 0.233 e. The smallest absolute Gasteiger partial charge is 0.233 e. The minimum Gasteiger partial charge on any atom is -0.359 e. The lowest BCUT2D eigenvalue weighted by Gasteiger charge is -2.23. The highest BCUT2D eigenvalue weighted by molar-refractivity contribution is 6.03. The molecule has 129 heavy (non-hydrogen) atoms. The van der Waals surface area contributed by atoms with Crippen LogP contribution in [0.4, 0.5) is 5.69 Å². The molecule has 13 nitrogen and oxygen atoms in total. The molecular formula is C116H185N9O4. The monoisotopic (exact) mass is 1770 g/mol. The predicted octanol–water partition coefficient (Wildman–Crippen LogP) is 29.0. The second-order valence-corrected chi connectivity index (χ2v) is 51.2. The van der Waals surface area contributed by atoms with Crippen molar-refractivity contribution in [1.82, 2.24) is 40.9 Å². The van der Waals surface area contributed by atoms with E-state index in [0.717, 1.165) is 54.3 Å². The van der Waals surface area contributed by atoms with Crippen molar-refractivity contribution in [2.75, 3.05) is 12.4 Å². The van der Waals surface area contributed by atoms with Crippen LogP contribution in [-0.4, -0.2) is 66.4 Å². The van der Waals surface area contributed by atoms with Crippen LogP contribution in [0.2, 0.25) is 0 Å². The number of aromatic nitrogens is 5. The Hall–Kier alpha value is -8.39. The van der Waals surface area contributed by atoms with E-state index in [-0.39, 0.29) is 113 Å². The molecule has 0 unspecified atom stereocenters. The molecule has 0 bridgehead atoms. The van der Waals surface area contributed by atoms with Gasteiger partial charge in [-0.3, -0.25) is 44.1 Å². The fourth-order valence-electron chi connectivity index (χ4n) is 12.4. The number of rotatable bonds is 14. The van der Waals surface area contributed by atoms with Gasteiger partial charge in [0.2, 0.25) is 11.8 Å². The molecule has 0 saturated heterocycles. The molecule has 0 aliphatic rings. The standard InChI is InChI=1S/C18H27NO2.C15H25N.C15H24.C14H24N2.C14H23N.C14H22.C13H19N3O2.C13H21N/c1-17(2,3)11-16(21)10-15(20)9-14-8-7-13(12-19-14)18(4,5)6;1-14(2,3)13-9-7-12(8-10-13)11-16-15(4,5)6;1-14(2,3)11-12-7-9-13(10-8-12)15(4,5)6;1-13(2,3)12-8-7-11(9-15-12)10-16-14(4,5)6;1-13(2,3)9-11-7-8-12(15-10-11)14(4,5)6;1-13(2,3)11-7-9-12(10-8-11)14(4,5)6;1-13(2,3)10-6-5-9(8-15-10)16-12(18)7-11(17)14-4;1-12(2,3)10-7-8-11(14-9-10)13(4,5)6/h7-8,12H,9-11H2,1-6H3;7-10,16H,11H2,1-6H3;7-10H,11H2,1-6H3;7-9,16H,10H2,1-6H3;7-8,10H,9H2,1-6H3;7-10H,1-6H3;5-6,8H,7H2,1-4H3,(H,14,17)(H,16,18);7-9H,1-6H3. The zero-order valence-electron chi connectivity index (χ0n) is 90.6. The number of carbonyl (C=O) groups excluding carboxylic acids is 4. The highest BCUT2D eigenvalue weighted by Gasteiger charge is 2.26. The van der Waals surface area contributed by atoms with Gasteiger partial charge in [0, 0.05) is 119 Å². The minimum atomic E-state index is -0.348. The van der Waals surface area contributed by atoms with Gasteiger partial charge in [0.1, 0.15) is 18.0 Å². The quantitative estimate of drug-likeness (QED) is 0.0761.